The standard InChI is InChI=1S/C6H6N4O4/c7-5(11)13-3-1-2-4(10-9-3)14-6(8)12/h1-2H,(H2,7,11)(H2,8,12). The Kier molecular flexibility index (Phi) is 2.79. The fourth-order valence-electron chi connectivity index (χ4n) is 0.623. The lowest BCUT2D eigenvalue weighted by molar-refractivity contribution is 0.204. The lowest BCUT2D eigenvalue weighted by Gasteiger charge is -1.99. The maximum Gasteiger partial charge on any atom is 0.411 e. The van der Waals surface area contributed by atoms with E-state index in [4.69, 9.17) is 11.5 Å². The highest BCUT2D eigenvalue weighted by Crippen LogP contribution is 2.09. The van der Waals surface area contributed by atoms with Crippen LogP contribution in [-0.2, 0) is 0 Å². The Morgan fingerprint density at radius 2 is 1.36 bits per heavy atom. The fourth-order valence-corrected chi connectivity index (χ4v) is 0.623. The van der Waals surface area contributed by atoms with E-state index in [0.717, 1.165) is 0 Å². The summed E-state index contributed by atoms with van der Waals surface area (Å²) in [6, 6.07) is 2.49. The molecule has 0 saturated carbocycles. The number of hydrogen-bond acceptors (Lipinski definition) is 6. The second-order valence-corrected chi connectivity index (χ2v) is 2.05. The summed E-state index contributed by atoms with van der Waals surface area (Å²) in [6.45, 7) is 0. The summed E-state index contributed by atoms with van der Waals surface area (Å²) in [6.07, 6.45) is -2.02. The Morgan fingerprint density at radius 1 is 1.00 bits per heavy atom. The lowest BCUT2D eigenvalue weighted by atomic mass is 10.5. The topological polar surface area (TPSA) is 130 Å². The van der Waals surface area contributed by atoms with Crippen molar-refractivity contribution >= 4 is 12.2 Å². The van der Waals surface area contributed by atoms with Crippen LogP contribution in [0.1, 0.15) is 0 Å². The first kappa shape index (κ1) is 9.71. The molecule has 1 aromatic rings. The average Bonchev–Trinajstić information content (AvgIpc) is 2.06. The third kappa shape index (κ3) is 2.93. The molecule has 0 saturated heterocycles. The molecule has 8 nitrogen and oxygen atoms in total. The fraction of sp³-hybridized carbons (Fsp3) is 0. The maximum atomic E-state index is 10.3. The van der Waals surface area contributed by atoms with Gasteiger partial charge in [-0.05, 0) is 0 Å². The Labute approximate surface area is 77.8 Å². The summed E-state index contributed by atoms with van der Waals surface area (Å²) in [4.78, 5) is 20.5. The molecule has 1 rings (SSSR count). The molecule has 0 aliphatic carbocycles. The number of nitrogens with two attached hydrogens (primary N) is 2. The minimum Gasteiger partial charge on any atom is -0.390 e. The van der Waals surface area contributed by atoms with Crippen LogP contribution in [0.15, 0.2) is 12.1 Å². The summed E-state index contributed by atoms with van der Waals surface area (Å²) in [5.74, 6) is -0.205. The molecular weight excluding hydrogens is 192 g/mol. The van der Waals surface area contributed by atoms with Crippen LogP contribution in [0.5, 0.6) is 11.8 Å². The van der Waals surface area contributed by atoms with Crippen molar-refractivity contribution in [1.29, 1.82) is 0 Å². The molecule has 2 amide bonds. The first-order chi connectivity index (χ1) is 6.58. The lowest BCUT2D eigenvalue weighted by Crippen LogP contribution is -2.18. The second-order valence-electron chi connectivity index (χ2n) is 2.05. The number of aromatic nitrogens is 2. The van der Waals surface area contributed by atoms with Gasteiger partial charge in [-0.1, -0.05) is 0 Å². The molecule has 0 atom stereocenters. The zero-order valence-corrected chi connectivity index (χ0v) is 6.84. The third-order valence-electron chi connectivity index (χ3n) is 1.03. The molecule has 1 heterocycles. The highest BCUT2D eigenvalue weighted by molar-refractivity contribution is 5.68. The monoisotopic (exact) mass is 198 g/mol. The van der Waals surface area contributed by atoms with E-state index in [1.165, 1.54) is 12.1 Å². The van der Waals surface area contributed by atoms with E-state index in [1.807, 2.05) is 0 Å². The van der Waals surface area contributed by atoms with Crippen LogP contribution in [0.25, 0.3) is 0 Å². The van der Waals surface area contributed by atoms with Gasteiger partial charge >= 0.3 is 12.2 Å². The molecular formula is C6H6N4O4. The Balaban J connectivity index is 2.68. The zero-order chi connectivity index (χ0) is 10.6. The Bertz CT molecular complexity index is 314. The molecule has 0 bridgehead atoms. The Morgan fingerprint density at radius 3 is 1.57 bits per heavy atom. The second kappa shape index (κ2) is 4.03. The molecule has 1 aromatic heterocycles. The van der Waals surface area contributed by atoms with Gasteiger partial charge in [-0.15, -0.1) is 10.2 Å². The van der Waals surface area contributed by atoms with E-state index in [2.05, 4.69) is 19.7 Å². The number of carbonyl (C=O) groups excluding carboxylic acids is 2. The normalized spacial score (nSPS) is 9.14. The molecule has 0 aliphatic heterocycles. The molecule has 0 aromatic carbocycles. The van der Waals surface area contributed by atoms with Crippen molar-refractivity contribution in [2.45, 2.75) is 0 Å². The number of ether oxygens (including phenoxy) is 2. The van der Waals surface area contributed by atoms with Gasteiger partial charge in [0.2, 0.25) is 11.8 Å². The van der Waals surface area contributed by atoms with Gasteiger partial charge in [-0.2, -0.15) is 0 Å². The predicted octanol–water partition coefficient (Wildman–Crippen LogP) is -0.608. The minimum absolute atomic E-state index is 0.102. The minimum atomic E-state index is -1.01. The number of amides is 2. The first-order valence-corrected chi connectivity index (χ1v) is 3.36. The molecule has 4 N–H and O–H groups in total. The highest BCUT2D eigenvalue weighted by Gasteiger charge is 2.04. The van der Waals surface area contributed by atoms with Crippen molar-refractivity contribution in [3.05, 3.63) is 12.1 Å². The number of carbonyl (C=O) groups is 2. The van der Waals surface area contributed by atoms with Gasteiger partial charge in [0.05, 0.1) is 0 Å². The smallest absolute Gasteiger partial charge is 0.390 e. The first-order valence-electron chi connectivity index (χ1n) is 3.36. The molecule has 8 heteroatoms. The molecule has 0 aliphatic rings. The van der Waals surface area contributed by atoms with Crippen molar-refractivity contribution < 1.29 is 19.1 Å². The maximum absolute atomic E-state index is 10.3. The van der Waals surface area contributed by atoms with Gasteiger partial charge in [0.15, 0.2) is 0 Å². The van der Waals surface area contributed by atoms with Crippen LogP contribution in [0.4, 0.5) is 9.59 Å². The molecule has 74 valence electrons. The van der Waals surface area contributed by atoms with Crippen LogP contribution in [0, 0.1) is 0 Å². The molecule has 0 spiro atoms. The van der Waals surface area contributed by atoms with Crippen LogP contribution >= 0.6 is 0 Å². The van der Waals surface area contributed by atoms with Gasteiger partial charge in [-0.25, -0.2) is 9.59 Å². The summed E-state index contributed by atoms with van der Waals surface area (Å²) < 4.78 is 8.74. The van der Waals surface area contributed by atoms with Crippen molar-refractivity contribution in [3.63, 3.8) is 0 Å². The van der Waals surface area contributed by atoms with Crippen molar-refractivity contribution in [3.8, 4) is 11.8 Å². The van der Waals surface area contributed by atoms with E-state index in [-0.39, 0.29) is 11.8 Å². The molecule has 0 fully saturated rings. The molecule has 14 heavy (non-hydrogen) atoms. The van der Waals surface area contributed by atoms with E-state index >= 15 is 0 Å². The summed E-state index contributed by atoms with van der Waals surface area (Å²) >= 11 is 0. The van der Waals surface area contributed by atoms with Crippen LogP contribution < -0.4 is 20.9 Å². The summed E-state index contributed by atoms with van der Waals surface area (Å²) in [5, 5.41) is 6.73. The van der Waals surface area contributed by atoms with Crippen molar-refractivity contribution in [1.82, 2.24) is 10.2 Å². The van der Waals surface area contributed by atoms with Crippen LogP contribution in [0.3, 0.4) is 0 Å². The molecule has 0 radical (unpaired) electrons. The average molecular weight is 198 g/mol. The van der Waals surface area contributed by atoms with Gasteiger partial charge in [-0.3, -0.25) is 0 Å². The quantitative estimate of drug-likeness (QED) is 0.651. The van der Waals surface area contributed by atoms with E-state index < -0.39 is 12.2 Å². The summed E-state index contributed by atoms with van der Waals surface area (Å²) in [5.41, 5.74) is 9.42. The van der Waals surface area contributed by atoms with Crippen molar-refractivity contribution in [2.24, 2.45) is 11.5 Å². The summed E-state index contributed by atoms with van der Waals surface area (Å²) in [7, 11) is 0. The number of hydrogen-bond donors (Lipinski definition) is 2. The largest absolute Gasteiger partial charge is 0.411 e. The van der Waals surface area contributed by atoms with Gasteiger partial charge in [0.25, 0.3) is 0 Å². The molecule has 0 unspecified atom stereocenters. The van der Waals surface area contributed by atoms with E-state index in [9.17, 15) is 9.59 Å². The Hall–Kier alpha value is -2.38. The van der Waals surface area contributed by atoms with Gasteiger partial charge in [0, 0.05) is 12.1 Å². The van der Waals surface area contributed by atoms with Gasteiger partial charge < -0.3 is 20.9 Å². The van der Waals surface area contributed by atoms with E-state index in [1.54, 1.807) is 0 Å². The van der Waals surface area contributed by atoms with Crippen LogP contribution in [0.2, 0.25) is 0 Å². The highest BCUT2D eigenvalue weighted by atomic mass is 16.6. The zero-order valence-electron chi connectivity index (χ0n) is 6.84. The third-order valence-corrected chi connectivity index (χ3v) is 1.03. The number of nitrogens with zero attached hydrogens (tertiary/aromatic N) is 2. The van der Waals surface area contributed by atoms with Gasteiger partial charge in [0.1, 0.15) is 0 Å². The number of rotatable bonds is 2. The number of primary amides is 2. The van der Waals surface area contributed by atoms with Crippen LogP contribution in [-0.4, -0.2) is 22.4 Å². The predicted molar refractivity (Wildman–Crippen MR) is 42.5 cm³/mol. The van der Waals surface area contributed by atoms with Crippen molar-refractivity contribution in [2.75, 3.05) is 0 Å². The van der Waals surface area contributed by atoms with E-state index in [0.29, 0.717) is 0 Å². The SMILES string of the molecule is NC(=O)Oc1ccc(OC(N)=O)nn1.